The number of benzene rings is 2. The third kappa shape index (κ3) is 2.88. The number of aryl methyl sites for hydroxylation is 2. The molecule has 0 atom stereocenters. The fraction of sp³-hybridized carbons (Fsp3) is 0.294. The monoisotopic (exact) mass is 355 g/mol. The largest absolute Gasteiger partial charge is 0.417 e. The van der Waals surface area contributed by atoms with Gasteiger partial charge >= 0.3 is 6.18 Å². The molecule has 3 rings (SSSR count). The fourth-order valence-corrected chi connectivity index (χ4v) is 4.74. The van der Waals surface area contributed by atoms with E-state index in [0.717, 1.165) is 27.6 Å². The second-order valence-electron chi connectivity index (χ2n) is 5.81. The van der Waals surface area contributed by atoms with Crippen LogP contribution in [0.3, 0.4) is 0 Å². The van der Waals surface area contributed by atoms with Gasteiger partial charge in [-0.2, -0.15) is 13.2 Å². The summed E-state index contributed by atoms with van der Waals surface area (Å²) in [6.45, 7) is 2.07. The van der Waals surface area contributed by atoms with E-state index in [2.05, 4.69) is 0 Å². The van der Waals surface area contributed by atoms with Gasteiger partial charge in [-0.1, -0.05) is 29.8 Å². The average molecular weight is 355 g/mol. The molecular weight excluding hydrogens is 339 g/mol. The second kappa shape index (κ2) is 5.81. The number of hydrogen-bond donors (Lipinski definition) is 0. The van der Waals surface area contributed by atoms with Crippen molar-refractivity contribution in [3.8, 4) is 0 Å². The van der Waals surface area contributed by atoms with Crippen molar-refractivity contribution in [2.24, 2.45) is 0 Å². The molecule has 1 heterocycles. The second-order valence-corrected chi connectivity index (χ2v) is 7.64. The molecule has 2 aromatic rings. The maximum atomic E-state index is 13.2. The summed E-state index contributed by atoms with van der Waals surface area (Å²) in [4.78, 5) is -0.703. The van der Waals surface area contributed by atoms with Gasteiger partial charge < -0.3 is 0 Å². The van der Waals surface area contributed by atoms with Crippen LogP contribution in [0.4, 0.5) is 18.9 Å². The minimum atomic E-state index is -4.73. The van der Waals surface area contributed by atoms with E-state index in [1.807, 2.05) is 13.0 Å². The van der Waals surface area contributed by atoms with Crippen LogP contribution in [0.5, 0.6) is 0 Å². The molecular formula is C17H16F3NO2S. The van der Waals surface area contributed by atoms with Crippen molar-refractivity contribution < 1.29 is 21.6 Å². The summed E-state index contributed by atoms with van der Waals surface area (Å²) in [6, 6.07) is 9.62. The van der Waals surface area contributed by atoms with Crippen molar-refractivity contribution in [3.63, 3.8) is 0 Å². The zero-order chi connectivity index (χ0) is 17.5. The Morgan fingerprint density at radius 1 is 1.08 bits per heavy atom. The Morgan fingerprint density at radius 3 is 2.50 bits per heavy atom. The van der Waals surface area contributed by atoms with Gasteiger partial charge in [-0.15, -0.1) is 0 Å². The lowest BCUT2D eigenvalue weighted by atomic mass is 10.0. The standard InChI is InChI=1S/C17H16F3NO2S/c1-12-8-9-15-13(11-12)5-4-10-21(15)24(22,23)16-7-3-2-6-14(16)17(18,19)20/h2-3,6-9,11H,4-5,10H2,1H3. The SMILES string of the molecule is Cc1ccc2c(c1)CCCN2S(=O)(=O)c1ccccc1C(F)(F)F. The van der Waals surface area contributed by atoms with E-state index in [-0.39, 0.29) is 6.54 Å². The summed E-state index contributed by atoms with van der Waals surface area (Å²) in [7, 11) is -4.29. The van der Waals surface area contributed by atoms with Crippen LogP contribution in [0.25, 0.3) is 0 Å². The van der Waals surface area contributed by atoms with E-state index in [4.69, 9.17) is 0 Å². The van der Waals surface area contributed by atoms with Gasteiger partial charge in [0.25, 0.3) is 10.0 Å². The van der Waals surface area contributed by atoms with Crippen LogP contribution < -0.4 is 4.31 Å². The highest BCUT2D eigenvalue weighted by molar-refractivity contribution is 7.92. The van der Waals surface area contributed by atoms with Gasteiger partial charge in [-0.25, -0.2) is 8.42 Å². The molecule has 1 aliphatic rings. The molecule has 0 aromatic heterocycles. The summed E-state index contributed by atoms with van der Waals surface area (Å²) < 4.78 is 66.6. The molecule has 24 heavy (non-hydrogen) atoms. The highest BCUT2D eigenvalue weighted by atomic mass is 32.2. The molecule has 0 spiro atoms. The molecule has 7 heteroatoms. The van der Waals surface area contributed by atoms with Crippen molar-refractivity contribution in [3.05, 3.63) is 59.2 Å². The Bertz CT molecular complexity index is 876. The van der Waals surface area contributed by atoms with Crippen LogP contribution >= 0.6 is 0 Å². The summed E-state index contributed by atoms with van der Waals surface area (Å²) in [5.41, 5.74) is 1.16. The van der Waals surface area contributed by atoms with Crippen LogP contribution in [0.15, 0.2) is 47.4 Å². The number of alkyl halides is 3. The van der Waals surface area contributed by atoms with E-state index < -0.39 is 26.7 Å². The molecule has 0 fully saturated rings. The molecule has 0 amide bonds. The number of fused-ring (bicyclic) bond motifs is 1. The lowest BCUT2D eigenvalue weighted by Crippen LogP contribution is -2.36. The van der Waals surface area contributed by atoms with Crippen LogP contribution in [0, 0.1) is 6.92 Å². The maximum Gasteiger partial charge on any atom is 0.417 e. The van der Waals surface area contributed by atoms with Crippen molar-refractivity contribution in [1.82, 2.24) is 0 Å². The van der Waals surface area contributed by atoms with E-state index in [1.54, 1.807) is 12.1 Å². The van der Waals surface area contributed by atoms with Crippen molar-refractivity contribution in [2.45, 2.75) is 30.8 Å². The molecule has 0 aliphatic carbocycles. The number of rotatable bonds is 2. The van der Waals surface area contributed by atoms with Gasteiger partial charge in [0.1, 0.15) is 0 Å². The van der Waals surface area contributed by atoms with E-state index in [1.165, 1.54) is 12.1 Å². The fourth-order valence-electron chi connectivity index (χ4n) is 2.99. The van der Waals surface area contributed by atoms with Crippen LogP contribution in [0.2, 0.25) is 0 Å². The summed E-state index contributed by atoms with van der Waals surface area (Å²) in [5.74, 6) is 0. The quantitative estimate of drug-likeness (QED) is 0.811. The van der Waals surface area contributed by atoms with Crippen LogP contribution in [-0.2, 0) is 22.6 Å². The average Bonchev–Trinajstić information content (AvgIpc) is 2.53. The number of hydrogen-bond acceptors (Lipinski definition) is 2. The smallest absolute Gasteiger partial charge is 0.266 e. The molecule has 3 nitrogen and oxygen atoms in total. The summed E-state index contributed by atoms with van der Waals surface area (Å²) in [5, 5.41) is 0. The van der Waals surface area contributed by atoms with Crippen LogP contribution in [-0.4, -0.2) is 15.0 Å². The molecule has 0 unspecified atom stereocenters. The Balaban J connectivity index is 2.15. The number of halogens is 3. The van der Waals surface area contributed by atoms with E-state index in [0.29, 0.717) is 18.5 Å². The summed E-state index contributed by atoms with van der Waals surface area (Å²) >= 11 is 0. The van der Waals surface area contributed by atoms with Gasteiger partial charge in [-0.3, -0.25) is 4.31 Å². The minimum absolute atomic E-state index is 0.171. The van der Waals surface area contributed by atoms with Crippen molar-refractivity contribution in [2.75, 3.05) is 10.8 Å². The Morgan fingerprint density at radius 2 is 1.79 bits per heavy atom. The Hall–Kier alpha value is -2.02. The molecule has 1 aliphatic heterocycles. The third-order valence-corrected chi connectivity index (χ3v) is 5.94. The molecule has 0 saturated carbocycles. The van der Waals surface area contributed by atoms with Gasteiger partial charge in [0.05, 0.1) is 16.1 Å². The number of nitrogens with zero attached hydrogens (tertiary/aromatic N) is 1. The predicted octanol–water partition coefficient (Wildman–Crippen LogP) is 4.16. The first-order valence-corrected chi connectivity index (χ1v) is 8.94. The molecule has 2 aromatic carbocycles. The van der Waals surface area contributed by atoms with Crippen molar-refractivity contribution >= 4 is 15.7 Å². The molecule has 0 radical (unpaired) electrons. The Labute approximate surface area is 138 Å². The minimum Gasteiger partial charge on any atom is -0.266 e. The topological polar surface area (TPSA) is 37.4 Å². The van der Waals surface area contributed by atoms with Crippen molar-refractivity contribution in [1.29, 1.82) is 0 Å². The van der Waals surface area contributed by atoms with Gasteiger partial charge in [0, 0.05) is 6.54 Å². The normalized spacial score (nSPS) is 15.2. The number of anilines is 1. The predicted molar refractivity (Wildman–Crippen MR) is 85.5 cm³/mol. The highest BCUT2D eigenvalue weighted by Crippen LogP contribution is 2.38. The lowest BCUT2D eigenvalue weighted by molar-refractivity contribution is -0.139. The zero-order valence-electron chi connectivity index (χ0n) is 13.0. The maximum absolute atomic E-state index is 13.2. The zero-order valence-corrected chi connectivity index (χ0v) is 13.8. The number of sulfonamides is 1. The first kappa shape index (κ1) is 16.8. The molecule has 0 N–H and O–H groups in total. The van der Waals surface area contributed by atoms with Gasteiger partial charge in [0.15, 0.2) is 0 Å². The molecule has 128 valence electrons. The third-order valence-electron chi connectivity index (χ3n) is 4.07. The van der Waals surface area contributed by atoms with E-state index in [9.17, 15) is 21.6 Å². The lowest BCUT2D eigenvalue weighted by Gasteiger charge is -2.31. The molecule has 0 saturated heterocycles. The van der Waals surface area contributed by atoms with Gasteiger partial charge in [-0.05, 0) is 43.5 Å². The van der Waals surface area contributed by atoms with E-state index >= 15 is 0 Å². The first-order valence-electron chi connectivity index (χ1n) is 7.50. The molecule has 0 bridgehead atoms. The first-order chi connectivity index (χ1) is 11.2. The van der Waals surface area contributed by atoms with Crippen LogP contribution in [0.1, 0.15) is 23.1 Å². The Kier molecular flexibility index (Phi) is 4.07. The van der Waals surface area contributed by atoms with Gasteiger partial charge in [0.2, 0.25) is 0 Å². The summed E-state index contributed by atoms with van der Waals surface area (Å²) in [6.07, 6.45) is -3.44. The highest BCUT2D eigenvalue weighted by Gasteiger charge is 2.39.